The molecule has 2 rings (SSSR count). The van der Waals surface area contributed by atoms with E-state index < -0.39 is 0 Å². The van der Waals surface area contributed by atoms with E-state index in [9.17, 15) is 4.79 Å². The van der Waals surface area contributed by atoms with Gasteiger partial charge in [0.05, 0.1) is 11.4 Å². The molecule has 0 fully saturated rings. The third-order valence-electron chi connectivity index (χ3n) is 3.17. The van der Waals surface area contributed by atoms with Gasteiger partial charge in [-0.2, -0.15) is 5.10 Å². The second-order valence-corrected chi connectivity index (χ2v) is 5.04. The minimum atomic E-state index is 0.219. The summed E-state index contributed by atoms with van der Waals surface area (Å²) in [6, 6.07) is 9.91. The van der Waals surface area contributed by atoms with Crippen LogP contribution in [0, 0.1) is 6.92 Å². The molecule has 1 heterocycles. The van der Waals surface area contributed by atoms with Gasteiger partial charge in [-0.15, -0.1) is 0 Å². The molecule has 0 aliphatic heterocycles. The van der Waals surface area contributed by atoms with Crippen LogP contribution in [0.25, 0.3) is 0 Å². The predicted octanol–water partition coefficient (Wildman–Crippen LogP) is 2.83. The summed E-state index contributed by atoms with van der Waals surface area (Å²) in [6.45, 7) is 4.09. The van der Waals surface area contributed by atoms with Gasteiger partial charge < -0.3 is 9.53 Å². The summed E-state index contributed by atoms with van der Waals surface area (Å²) in [7, 11) is 1.91. The number of Topliss-reactive ketones (excluding diaryl/α,β-unsaturated/α-hetero) is 1. The zero-order chi connectivity index (χ0) is 14.5. The Morgan fingerprint density at radius 3 is 2.55 bits per heavy atom. The highest BCUT2D eigenvalue weighted by Gasteiger charge is 2.03. The molecule has 0 aliphatic carbocycles. The number of aromatic nitrogens is 2. The maximum Gasteiger partial charge on any atom is 0.130 e. The Morgan fingerprint density at radius 1 is 1.30 bits per heavy atom. The van der Waals surface area contributed by atoms with Gasteiger partial charge in [-0.25, -0.2) is 0 Å². The van der Waals surface area contributed by atoms with Crippen LogP contribution >= 0.6 is 0 Å². The fourth-order valence-corrected chi connectivity index (χ4v) is 2.03. The molecule has 0 amide bonds. The molecule has 0 saturated heterocycles. The van der Waals surface area contributed by atoms with Gasteiger partial charge in [0.2, 0.25) is 0 Å². The quantitative estimate of drug-likeness (QED) is 0.812. The van der Waals surface area contributed by atoms with Crippen molar-refractivity contribution in [1.29, 1.82) is 0 Å². The Labute approximate surface area is 119 Å². The van der Waals surface area contributed by atoms with E-state index in [-0.39, 0.29) is 5.78 Å². The number of ether oxygens (including phenoxy) is 1. The molecule has 0 unspecified atom stereocenters. The average Bonchev–Trinajstić information content (AvgIpc) is 2.73. The van der Waals surface area contributed by atoms with E-state index in [0.29, 0.717) is 13.0 Å². The van der Waals surface area contributed by atoms with Gasteiger partial charge in [0.25, 0.3) is 0 Å². The minimum absolute atomic E-state index is 0.219. The summed E-state index contributed by atoms with van der Waals surface area (Å²) in [6.07, 6.45) is 1.38. The molecular weight excluding hydrogens is 252 g/mol. The first-order chi connectivity index (χ1) is 9.54. The third kappa shape index (κ3) is 3.95. The van der Waals surface area contributed by atoms with Gasteiger partial charge in [0.1, 0.15) is 18.1 Å². The number of ketones is 1. The lowest BCUT2D eigenvalue weighted by Crippen LogP contribution is -2.03. The first-order valence-electron chi connectivity index (χ1n) is 6.75. The van der Waals surface area contributed by atoms with Gasteiger partial charge in [0.15, 0.2) is 0 Å². The summed E-state index contributed by atoms with van der Waals surface area (Å²) in [5, 5.41) is 4.28. The molecule has 1 aromatic carbocycles. The van der Waals surface area contributed by atoms with Crippen molar-refractivity contribution in [2.45, 2.75) is 33.3 Å². The van der Waals surface area contributed by atoms with Crippen LogP contribution < -0.4 is 4.74 Å². The van der Waals surface area contributed by atoms with E-state index >= 15 is 0 Å². The number of nitrogens with zero attached hydrogens (tertiary/aromatic N) is 2. The van der Waals surface area contributed by atoms with Crippen molar-refractivity contribution in [3.8, 4) is 5.75 Å². The molecule has 0 spiro atoms. The van der Waals surface area contributed by atoms with Crippen LogP contribution in [0.5, 0.6) is 5.75 Å². The van der Waals surface area contributed by atoms with Crippen molar-refractivity contribution in [2.75, 3.05) is 0 Å². The van der Waals surface area contributed by atoms with E-state index in [0.717, 1.165) is 29.1 Å². The Bertz CT molecular complexity index is 585. The summed E-state index contributed by atoms with van der Waals surface area (Å²) < 4.78 is 7.57. The Balaban J connectivity index is 1.90. The number of benzene rings is 1. The SMILES string of the molecule is CC(=O)CCc1ccc(OCc2cc(C)nn2C)cc1. The van der Waals surface area contributed by atoms with Crippen LogP contribution in [-0.2, 0) is 24.9 Å². The zero-order valence-corrected chi connectivity index (χ0v) is 12.2. The van der Waals surface area contributed by atoms with Crippen molar-refractivity contribution in [3.63, 3.8) is 0 Å². The van der Waals surface area contributed by atoms with Gasteiger partial charge in [-0.05, 0) is 44.0 Å². The molecule has 0 radical (unpaired) electrons. The second kappa shape index (κ2) is 6.37. The summed E-state index contributed by atoms with van der Waals surface area (Å²) >= 11 is 0. The standard InChI is InChI=1S/C16H20N2O2/c1-12-10-15(18(3)17-12)11-20-16-8-6-14(7-9-16)5-4-13(2)19/h6-10H,4-5,11H2,1-3H3. The van der Waals surface area contributed by atoms with Crippen LogP contribution in [0.1, 0.15) is 30.3 Å². The molecule has 4 nitrogen and oxygen atoms in total. The van der Waals surface area contributed by atoms with Crippen molar-refractivity contribution in [2.24, 2.45) is 7.05 Å². The van der Waals surface area contributed by atoms with Crippen LogP contribution in [0.15, 0.2) is 30.3 Å². The molecule has 0 saturated carbocycles. The highest BCUT2D eigenvalue weighted by molar-refractivity contribution is 5.75. The topological polar surface area (TPSA) is 44.1 Å². The summed E-state index contributed by atoms with van der Waals surface area (Å²) in [4.78, 5) is 10.9. The van der Waals surface area contributed by atoms with Crippen molar-refractivity contribution in [1.82, 2.24) is 9.78 Å². The number of hydrogen-bond donors (Lipinski definition) is 0. The van der Waals surface area contributed by atoms with Crippen LogP contribution in [0.4, 0.5) is 0 Å². The minimum Gasteiger partial charge on any atom is -0.487 e. The second-order valence-electron chi connectivity index (χ2n) is 5.04. The lowest BCUT2D eigenvalue weighted by atomic mass is 10.1. The van der Waals surface area contributed by atoms with Gasteiger partial charge >= 0.3 is 0 Å². The monoisotopic (exact) mass is 272 g/mol. The third-order valence-corrected chi connectivity index (χ3v) is 3.17. The number of carbonyl (C=O) groups is 1. The lowest BCUT2D eigenvalue weighted by molar-refractivity contribution is -0.116. The van der Waals surface area contributed by atoms with E-state index in [1.54, 1.807) is 6.92 Å². The largest absolute Gasteiger partial charge is 0.487 e. The van der Waals surface area contributed by atoms with E-state index in [1.807, 2.05) is 49.0 Å². The first-order valence-corrected chi connectivity index (χ1v) is 6.75. The van der Waals surface area contributed by atoms with E-state index in [4.69, 9.17) is 4.74 Å². The molecule has 0 atom stereocenters. The first kappa shape index (κ1) is 14.3. The van der Waals surface area contributed by atoms with Gasteiger partial charge in [0, 0.05) is 13.5 Å². The number of rotatable bonds is 6. The van der Waals surface area contributed by atoms with Gasteiger partial charge in [-0.1, -0.05) is 12.1 Å². The molecular formula is C16H20N2O2. The highest BCUT2D eigenvalue weighted by atomic mass is 16.5. The maximum absolute atomic E-state index is 10.9. The molecule has 1 aromatic heterocycles. The molecule has 0 bridgehead atoms. The molecule has 4 heteroatoms. The van der Waals surface area contributed by atoms with E-state index in [2.05, 4.69) is 5.10 Å². The average molecular weight is 272 g/mol. The zero-order valence-electron chi connectivity index (χ0n) is 12.2. The number of hydrogen-bond acceptors (Lipinski definition) is 3. The Morgan fingerprint density at radius 2 is 2.00 bits per heavy atom. The molecule has 106 valence electrons. The summed E-state index contributed by atoms with van der Waals surface area (Å²) in [5.74, 6) is 1.05. The number of aryl methyl sites for hydroxylation is 3. The molecule has 0 aliphatic rings. The molecule has 20 heavy (non-hydrogen) atoms. The Kier molecular flexibility index (Phi) is 4.56. The Hall–Kier alpha value is -2.10. The normalized spacial score (nSPS) is 10.6. The fourth-order valence-electron chi connectivity index (χ4n) is 2.03. The van der Waals surface area contributed by atoms with Crippen LogP contribution in [0.2, 0.25) is 0 Å². The van der Waals surface area contributed by atoms with Crippen molar-refractivity contribution >= 4 is 5.78 Å². The molecule has 2 aromatic rings. The predicted molar refractivity (Wildman–Crippen MR) is 77.7 cm³/mol. The van der Waals surface area contributed by atoms with Crippen LogP contribution in [0.3, 0.4) is 0 Å². The maximum atomic E-state index is 10.9. The highest BCUT2D eigenvalue weighted by Crippen LogP contribution is 2.15. The lowest BCUT2D eigenvalue weighted by Gasteiger charge is -2.07. The van der Waals surface area contributed by atoms with Crippen LogP contribution in [-0.4, -0.2) is 15.6 Å². The smallest absolute Gasteiger partial charge is 0.130 e. The van der Waals surface area contributed by atoms with Crippen molar-refractivity contribution in [3.05, 3.63) is 47.3 Å². The van der Waals surface area contributed by atoms with E-state index in [1.165, 1.54) is 0 Å². The van der Waals surface area contributed by atoms with Crippen molar-refractivity contribution < 1.29 is 9.53 Å². The number of carbonyl (C=O) groups excluding carboxylic acids is 1. The molecule has 0 N–H and O–H groups in total. The fraction of sp³-hybridized carbons (Fsp3) is 0.375. The van der Waals surface area contributed by atoms with Gasteiger partial charge in [-0.3, -0.25) is 4.68 Å². The summed E-state index contributed by atoms with van der Waals surface area (Å²) in [5.41, 5.74) is 3.19.